The lowest BCUT2D eigenvalue weighted by atomic mass is 10.1. The van der Waals surface area contributed by atoms with Gasteiger partial charge in [-0.3, -0.25) is 4.79 Å². The van der Waals surface area contributed by atoms with Crippen LogP contribution in [0.25, 0.3) is 0 Å². The van der Waals surface area contributed by atoms with E-state index >= 15 is 0 Å². The Balaban J connectivity index is 1.56. The number of nitrogens with one attached hydrogen (secondary N) is 2. The van der Waals surface area contributed by atoms with Crippen LogP contribution in [0.1, 0.15) is 23.2 Å². The van der Waals surface area contributed by atoms with Crippen LogP contribution >= 0.6 is 0 Å². The van der Waals surface area contributed by atoms with Gasteiger partial charge in [0.2, 0.25) is 0 Å². The van der Waals surface area contributed by atoms with E-state index in [1.54, 1.807) is 24.3 Å². The van der Waals surface area contributed by atoms with Gasteiger partial charge in [0.15, 0.2) is 0 Å². The van der Waals surface area contributed by atoms with Gasteiger partial charge >= 0.3 is 6.03 Å². The first-order valence-electron chi connectivity index (χ1n) is 7.77. The molecule has 2 aliphatic rings. The Labute approximate surface area is 130 Å². The monoisotopic (exact) mass is 302 g/mol. The molecule has 0 bridgehead atoms. The van der Waals surface area contributed by atoms with Crippen LogP contribution in [0, 0.1) is 0 Å². The second kappa shape index (κ2) is 6.36. The Morgan fingerprint density at radius 3 is 2.27 bits per heavy atom. The molecule has 0 spiro atoms. The zero-order valence-corrected chi connectivity index (χ0v) is 12.8. The molecule has 1 aromatic carbocycles. The standard InChI is InChI=1S/C16H22N4O2/c1-19-8-10-20(11-9-19)15(21)12-2-4-13(5-3-12)17-16(22)18-14-6-7-14/h2-5,14H,6-11H2,1H3,(H2,17,18,22). The minimum atomic E-state index is -0.180. The number of carbonyl (C=O) groups is 2. The summed E-state index contributed by atoms with van der Waals surface area (Å²) in [4.78, 5) is 28.2. The molecule has 3 amide bonds. The van der Waals surface area contributed by atoms with Gasteiger partial charge in [-0.25, -0.2) is 4.79 Å². The van der Waals surface area contributed by atoms with Gasteiger partial charge in [0, 0.05) is 43.5 Å². The number of hydrogen-bond donors (Lipinski definition) is 2. The molecule has 1 aliphatic heterocycles. The molecule has 0 atom stereocenters. The van der Waals surface area contributed by atoms with Crippen molar-refractivity contribution in [3.05, 3.63) is 29.8 Å². The van der Waals surface area contributed by atoms with Crippen molar-refractivity contribution in [1.82, 2.24) is 15.1 Å². The zero-order valence-electron chi connectivity index (χ0n) is 12.8. The van der Waals surface area contributed by atoms with E-state index in [1.807, 2.05) is 4.90 Å². The van der Waals surface area contributed by atoms with Crippen molar-refractivity contribution >= 4 is 17.6 Å². The summed E-state index contributed by atoms with van der Waals surface area (Å²) in [5.74, 6) is 0.0575. The van der Waals surface area contributed by atoms with Crippen LogP contribution in [-0.2, 0) is 0 Å². The third-order valence-corrected chi connectivity index (χ3v) is 4.09. The molecule has 3 rings (SSSR count). The van der Waals surface area contributed by atoms with Crippen molar-refractivity contribution in [2.45, 2.75) is 18.9 Å². The summed E-state index contributed by atoms with van der Waals surface area (Å²) in [6.07, 6.45) is 2.12. The highest BCUT2D eigenvalue weighted by Gasteiger charge is 2.23. The van der Waals surface area contributed by atoms with Gasteiger partial charge in [-0.1, -0.05) is 0 Å². The van der Waals surface area contributed by atoms with Crippen LogP contribution in [0.15, 0.2) is 24.3 Å². The van der Waals surface area contributed by atoms with E-state index in [0.717, 1.165) is 39.0 Å². The van der Waals surface area contributed by atoms with Gasteiger partial charge in [0.1, 0.15) is 0 Å². The fourth-order valence-corrected chi connectivity index (χ4v) is 2.47. The van der Waals surface area contributed by atoms with Crippen molar-refractivity contribution in [1.29, 1.82) is 0 Å². The fourth-order valence-electron chi connectivity index (χ4n) is 2.47. The van der Waals surface area contributed by atoms with Crippen molar-refractivity contribution in [2.24, 2.45) is 0 Å². The Morgan fingerprint density at radius 1 is 1.05 bits per heavy atom. The third kappa shape index (κ3) is 3.76. The maximum atomic E-state index is 12.4. The number of anilines is 1. The van der Waals surface area contributed by atoms with E-state index in [9.17, 15) is 9.59 Å². The van der Waals surface area contributed by atoms with Crippen LogP contribution in [0.3, 0.4) is 0 Å². The maximum Gasteiger partial charge on any atom is 0.319 e. The quantitative estimate of drug-likeness (QED) is 0.886. The van der Waals surface area contributed by atoms with Gasteiger partial charge < -0.3 is 20.4 Å². The summed E-state index contributed by atoms with van der Waals surface area (Å²) in [5.41, 5.74) is 1.37. The second-order valence-corrected chi connectivity index (χ2v) is 6.05. The molecule has 1 heterocycles. The van der Waals surface area contributed by atoms with Gasteiger partial charge in [0.05, 0.1) is 0 Å². The normalized spacial score (nSPS) is 18.9. The minimum Gasteiger partial charge on any atom is -0.336 e. The van der Waals surface area contributed by atoms with Gasteiger partial charge in [-0.15, -0.1) is 0 Å². The smallest absolute Gasteiger partial charge is 0.319 e. The summed E-state index contributed by atoms with van der Waals surface area (Å²) >= 11 is 0. The lowest BCUT2D eigenvalue weighted by Crippen LogP contribution is -2.47. The number of likely N-dealkylation sites (N-methyl/N-ethyl adjacent to an activating group) is 1. The molecule has 1 saturated heterocycles. The molecule has 0 radical (unpaired) electrons. The number of carbonyl (C=O) groups excluding carboxylic acids is 2. The molecule has 0 aromatic heterocycles. The Hall–Kier alpha value is -2.08. The van der Waals surface area contributed by atoms with E-state index in [0.29, 0.717) is 17.3 Å². The summed E-state index contributed by atoms with van der Waals surface area (Å²) in [7, 11) is 2.06. The fraction of sp³-hybridized carbons (Fsp3) is 0.500. The minimum absolute atomic E-state index is 0.0575. The Morgan fingerprint density at radius 2 is 1.68 bits per heavy atom. The summed E-state index contributed by atoms with van der Waals surface area (Å²) in [6, 6.07) is 7.24. The number of benzene rings is 1. The topological polar surface area (TPSA) is 64.7 Å². The van der Waals surface area contributed by atoms with Gasteiger partial charge in [-0.2, -0.15) is 0 Å². The van der Waals surface area contributed by atoms with E-state index in [1.165, 1.54) is 0 Å². The lowest BCUT2D eigenvalue weighted by Gasteiger charge is -2.32. The molecule has 1 aliphatic carbocycles. The molecule has 1 saturated carbocycles. The molecule has 2 N–H and O–H groups in total. The zero-order chi connectivity index (χ0) is 15.5. The predicted octanol–water partition coefficient (Wildman–Crippen LogP) is 1.36. The number of rotatable bonds is 3. The molecular weight excluding hydrogens is 280 g/mol. The van der Waals surface area contributed by atoms with Crippen molar-refractivity contribution in [3.63, 3.8) is 0 Å². The molecule has 6 heteroatoms. The molecule has 2 fully saturated rings. The number of piperazine rings is 1. The van der Waals surface area contributed by atoms with Crippen LogP contribution in [0.4, 0.5) is 10.5 Å². The molecule has 6 nitrogen and oxygen atoms in total. The van der Waals surface area contributed by atoms with E-state index in [2.05, 4.69) is 22.6 Å². The van der Waals surface area contributed by atoms with E-state index < -0.39 is 0 Å². The van der Waals surface area contributed by atoms with Crippen molar-refractivity contribution in [3.8, 4) is 0 Å². The average Bonchev–Trinajstić information content (AvgIpc) is 3.32. The van der Waals surface area contributed by atoms with Crippen LogP contribution in [0.2, 0.25) is 0 Å². The SMILES string of the molecule is CN1CCN(C(=O)c2ccc(NC(=O)NC3CC3)cc2)CC1. The third-order valence-electron chi connectivity index (χ3n) is 4.09. The maximum absolute atomic E-state index is 12.4. The van der Waals surface area contributed by atoms with Crippen molar-refractivity contribution < 1.29 is 9.59 Å². The van der Waals surface area contributed by atoms with Gasteiger partial charge in [0.25, 0.3) is 5.91 Å². The van der Waals surface area contributed by atoms with Crippen molar-refractivity contribution in [2.75, 3.05) is 38.5 Å². The first-order chi connectivity index (χ1) is 10.6. The first kappa shape index (κ1) is 14.8. The van der Waals surface area contributed by atoms with Crippen LogP contribution in [0.5, 0.6) is 0 Å². The highest BCUT2D eigenvalue weighted by Crippen LogP contribution is 2.19. The Bertz CT molecular complexity index is 546. The first-order valence-corrected chi connectivity index (χ1v) is 7.77. The number of hydrogen-bond acceptors (Lipinski definition) is 3. The number of urea groups is 1. The van der Waals surface area contributed by atoms with E-state index in [4.69, 9.17) is 0 Å². The van der Waals surface area contributed by atoms with Crippen LogP contribution in [-0.4, -0.2) is 61.0 Å². The highest BCUT2D eigenvalue weighted by molar-refractivity contribution is 5.95. The number of amides is 3. The molecule has 22 heavy (non-hydrogen) atoms. The average molecular weight is 302 g/mol. The largest absolute Gasteiger partial charge is 0.336 e. The Kier molecular flexibility index (Phi) is 4.29. The predicted molar refractivity (Wildman–Crippen MR) is 85.0 cm³/mol. The van der Waals surface area contributed by atoms with Gasteiger partial charge in [-0.05, 0) is 44.2 Å². The van der Waals surface area contributed by atoms with Crippen LogP contribution < -0.4 is 10.6 Å². The number of nitrogens with zero attached hydrogens (tertiary/aromatic N) is 2. The molecule has 118 valence electrons. The summed E-state index contributed by atoms with van der Waals surface area (Å²) in [5, 5.41) is 5.65. The molecular formula is C16H22N4O2. The second-order valence-electron chi connectivity index (χ2n) is 6.05. The van der Waals surface area contributed by atoms with E-state index in [-0.39, 0.29) is 11.9 Å². The molecule has 1 aromatic rings. The summed E-state index contributed by atoms with van der Waals surface area (Å²) < 4.78 is 0. The highest BCUT2D eigenvalue weighted by atomic mass is 16.2. The molecule has 0 unspecified atom stereocenters. The summed E-state index contributed by atoms with van der Waals surface area (Å²) in [6.45, 7) is 3.34. The lowest BCUT2D eigenvalue weighted by molar-refractivity contribution is 0.0664.